The van der Waals surface area contributed by atoms with Gasteiger partial charge in [0.2, 0.25) is 5.91 Å². The Morgan fingerprint density at radius 2 is 1.88 bits per heavy atom. The summed E-state index contributed by atoms with van der Waals surface area (Å²) in [4.78, 5) is 31.5. The van der Waals surface area contributed by atoms with E-state index in [0.29, 0.717) is 22.7 Å². The fourth-order valence-electron chi connectivity index (χ4n) is 6.46. The van der Waals surface area contributed by atoms with E-state index in [2.05, 4.69) is 11.9 Å². The maximum absolute atomic E-state index is 13.2. The summed E-state index contributed by atoms with van der Waals surface area (Å²) < 4.78 is 5.79. The lowest BCUT2D eigenvalue weighted by molar-refractivity contribution is -0.171. The lowest BCUT2D eigenvalue weighted by atomic mass is 9.49. The number of halogens is 1. The molecular formula is C25H29ClN2O3S. The zero-order valence-electron chi connectivity index (χ0n) is 18.6. The van der Waals surface area contributed by atoms with E-state index < -0.39 is 5.41 Å². The lowest BCUT2D eigenvalue weighted by Gasteiger charge is -2.58. The number of ether oxygens (including phenoxy) is 1. The molecule has 4 saturated carbocycles. The number of esters is 1. The van der Waals surface area contributed by atoms with Crippen molar-refractivity contribution in [3.63, 3.8) is 0 Å². The predicted octanol–water partition coefficient (Wildman–Crippen LogP) is 6.01. The fourth-order valence-corrected chi connectivity index (χ4v) is 8.02. The van der Waals surface area contributed by atoms with Crippen LogP contribution in [0.3, 0.4) is 0 Å². The number of benzene rings is 1. The number of carbonyl (C=O) groups excluding carboxylic acids is 2. The Morgan fingerprint density at radius 1 is 1.19 bits per heavy atom. The molecule has 0 aliphatic heterocycles. The maximum atomic E-state index is 13.2. The zero-order valence-corrected chi connectivity index (χ0v) is 20.2. The van der Waals surface area contributed by atoms with Crippen LogP contribution in [0, 0.1) is 17.3 Å². The third-order valence-corrected chi connectivity index (χ3v) is 8.74. The second-order valence-electron chi connectivity index (χ2n) is 9.96. The fraction of sp³-hybridized carbons (Fsp3) is 0.560. The molecule has 2 atom stereocenters. The van der Waals surface area contributed by atoms with Gasteiger partial charge in [-0.15, -0.1) is 22.9 Å². The number of hydrogen-bond acceptors (Lipinski definition) is 5. The summed E-state index contributed by atoms with van der Waals surface area (Å²) in [6, 6.07) is 7.93. The maximum Gasteiger partial charge on any atom is 0.312 e. The molecule has 32 heavy (non-hydrogen) atoms. The first-order chi connectivity index (χ1) is 15.3. The topological polar surface area (TPSA) is 59.5 Å². The Labute approximate surface area is 198 Å². The van der Waals surface area contributed by atoms with E-state index in [1.807, 2.05) is 29.6 Å². The van der Waals surface area contributed by atoms with Crippen LogP contribution in [0.1, 0.15) is 63.6 Å². The molecule has 1 heterocycles. The number of aryl methyl sites for hydroxylation is 1. The van der Waals surface area contributed by atoms with Crippen LogP contribution in [-0.4, -0.2) is 21.7 Å². The van der Waals surface area contributed by atoms with Crippen LogP contribution in [0.25, 0.3) is 0 Å². The number of anilines is 2. The van der Waals surface area contributed by atoms with E-state index in [9.17, 15) is 9.59 Å². The number of amides is 1. The number of carbonyl (C=O) groups is 2. The second kappa shape index (κ2) is 8.14. The lowest BCUT2D eigenvalue weighted by Crippen LogP contribution is -2.56. The summed E-state index contributed by atoms with van der Waals surface area (Å²) in [5.41, 5.74) is 2.25. The van der Waals surface area contributed by atoms with E-state index >= 15 is 0 Å². The molecule has 0 spiro atoms. The first-order valence-electron chi connectivity index (χ1n) is 11.5. The van der Waals surface area contributed by atoms with Crippen molar-refractivity contribution in [2.24, 2.45) is 17.3 Å². The molecular weight excluding hydrogens is 444 g/mol. The summed E-state index contributed by atoms with van der Waals surface area (Å²) in [5, 5.41) is 2.45. The standard InChI is InChI=1S/C25H29ClN2O3S/c1-3-17-4-6-21(7-5-17)28(16(2)29)23-27-20(14-32-23)13-31-22(30)24-9-18-8-19(10-24)12-25(26,11-18)15-24/h4-7,14,18-19H,3,8-13,15H2,1-2H3. The van der Waals surface area contributed by atoms with Crippen molar-refractivity contribution in [1.29, 1.82) is 0 Å². The normalized spacial score (nSPS) is 30.3. The third kappa shape index (κ3) is 3.96. The molecule has 1 aromatic heterocycles. The van der Waals surface area contributed by atoms with Gasteiger partial charge in [0.05, 0.1) is 16.8 Å². The van der Waals surface area contributed by atoms with Gasteiger partial charge in [-0.2, -0.15) is 0 Å². The summed E-state index contributed by atoms with van der Waals surface area (Å²) >= 11 is 8.25. The molecule has 4 aliphatic carbocycles. The van der Waals surface area contributed by atoms with Crippen LogP contribution in [0.15, 0.2) is 29.6 Å². The van der Waals surface area contributed by atoms with Gasteiger partial charge in [0.25, 0.3) is 0 Å². The van der Waals surface area contributed by atoms with Gasteiger partial charge < -0.3 is 4.74 Å². The largest absolute Gasteiger partial charge is 0.459 e. The number of hydrogen-bond donors (Lipinski definition) is 0. The third-order valence-electron chi connectivity index (χ3n) is 7.42. The van der Waals surface area contributed by atoms with Gasteiger partial charge in [0.1, 0.15) is 6.61 Å². The molecule has 0 saturated heterocycles. The highest BCUT2D eigenvalue weighted by atomic mass is 35.5. The van der Waals surface area contributed by atoms with Crippen molar-refractivity contribution in [3.8, 4) is 0 Å². The minimum absolute atomic E-state index is 0.104. The number of alkyl halides is 1. The van der Waals surface area contributed by atoms with Crippen molar-refractivity contribution < 1.29 is 14.3 Å². The SMILES string of the molecule is CCc1ccc(N(C(C)=O)c2nc(COC(=O)C34CC5CC(CC(Cl)(C5)C3)C4)cs2)cc1. The molecule has 4 fully saturated rings. The number of thiazole rings is 1. The molecule has 5 nitrogen and oxygen atoms in total. The van der Waals surface area contributed by atoms with E-state index in [0.717, 1.165) is 44.2 Å². The summed E-state index contributed by atoms with van der Waals surface area (Å²) in [7, 11) is 0. The van der Waals surface area contributed by atoms with Crippen LogP contribution in [0.5, 0.6) is 0 Å². The van der Waals surface area contributed by atoms with Crippen LogP contribution < -0.4 is 4.90 Å². The summed E-state index contributed by atoms with van der Waals surface area (Å²) in [5.74, 6) is 0.878. The van der Waals surface area contributed by atoms with Crippen molar-refractivity contribution in [2.75, 3.05) is 4.90 Å². The van der Waals surface area contributed by atoms with Crippen LogP contribution in [0.4, 0.5) is 10.8 Å². The van der Waals surface area contributed by atoms with Gasteiger partial charge >= 0.3 is 5.97 Å². The molecule has 2 unspecified atom stereocenters. The van der Waals surface area contributed by atoms with Crippen LogP contribution in [-0.2, 0) is 27.4 Å². The smallest absolute Gasteiger partial charge is 0.312 e. The highest BCUT2D eigenvalue weighted by Gasteiger charge is 2.60. The average Bonchev–Trinajstić information content (AvgIpc) is 3.19. The van der Waals surface area contributed by atoms with Crippen molar-refractivity contribution in [2.45, 2.75) is 70.3 Å². The number of nitrogens with zero attached hydrogens (tertiary/aromatic N) is 2. The Morgan fingerprint density at radius 3 is 2.47 bits per heavy atom. The molecule has 4 bridgehead atoms. The van der Waals surface area contributed by atoms with Crippen molar-refractivity contribution >= 4 is 45.6 Å². The van der Waals surface area contributed by atoms with Crippen molar-refractivity contribution in [1.82, 2.24) is 4.98 Å². The van der Waals surface area contributed by atoms with Gasteiger partial charge in [-0.05, 0) is 74.5 Å². The average molecular weight is 473 g/mol. The highest BCUT2D eigenvalue weighted by molar-refractivity contribution is 7.14. The van der Waals surface area contributed by atoms with Gasteiger partial charge in [-0.3, -0.25) is 14.5 Å². The molecule has 1 amide bonds. The Balaban J connectivity index is 1.28. The molecule has 170 valence electrons. The first kappa shape index (κ1) is 21.9. The van der Waals surface area contributed by atoms with Crippen molar-refractivity contribution in [3.05, 3.63) is 40.9 Å². The van der Waals surface area contributed by atoms with Crippen LogP contribution >= 0.6 is 22.9 Å². The Bertz CT molecular complexity index is 1020. The molecule has 1 aromatic carbocycles. The minimum atomic E-state index is -0.420. The van der Waals surface area contributed by atoms with Crippen LogP contribution in [0.2, 0.25) is 0 Å². The molecule has 6 rings (SSSR count). The first-order valence-corrected chi connectivity index (χ1v) is 12.8. The van der Waals surface area contributed by atoms with E-state index in [4.69, 9.17) is 16.3 Å². The van der Waals surface area contributed by atoms with Gasteiger partial charge in [0, 0.05) is 17.2 Å². The summed E-state index contributed by atoms with van der Waals surface area (Å²) in [6.07, 6.45) is 6.78. The quantitative estimate of drug-likeness (QED) is 0.381. The molecule has 0 radical (unpaired) electrons. The molecule has 0 N–H and O–H groups in total. The van der Waals surface area contributed by atoms with Gasteiger partial charge in [0.15, 0.2) is 5.13 Å². The van der Waals surface area contributed by atoms with Gasteiger partial charge in [-0.25, -0.2) is 4.98 Å². The molecule has 2 aromatic rings. The summed E-state index contributed by atoms with van der Waals surface area (Å²) in [6.45, 7) is 3.76. The minimum Gasteiger partial charge on any atom is -0.459 e. The second-order valence-corrected chi connectivity index (χ2v) is 11.6. The highest BCUT2D eigenvalue weighted by Crippen LogP contribution is 2.64. The number of aromatic nitrogens is 1. The van der Waals surface area contributed by atoms with E-state index in [1.165, 1.54) is 30.2 Å². The monoisotopic (exact) mass is 472 g/mol. The molecule has 4 aliphatic rings. The van der Waals surface area contributed by atoms with E-state index in [-0.39, 0.29) is 23.4 Å². The number of rotatable bonds is 6. The zero-order chi connectivity index (χ0) is 22.5. The predicted molar refractivity (Wildman–Crippen MR) is 126 cm³/mol. The van der Waals surface area contributed by atoms with Gasteiger partial charge in [-0.1, -0.05) is 19.1 Å². The molecule has 7 heteroatoms. The van der Waals surface area contributed by atoms with E-state index in [1.54, 1.807) is 4.90 Å². The Kier molecular flexibility index (Phi) is 5.57. The Hall–Kier alpha value is -1.92.